The van der Waals surface area contributed by atoms with Crippen molar-refractivity contribution in [3.63, 3.8) is 0 Å². The van der Waals surface area contributed by atoms with Crippen LogP contribution in [0, 0.1) is 11.6 Å². The number of aromatic nitrogens is 2. The van der Waals surface area contributed by atoms with Crippen LogP contribution in [0.5, 0.6) is 5.88 Å². The van der Waals surface area contributed by atoms with Gasteiger partial charge in [-0.15, -0.1) is 5.10 Å². The normalized spacial score (nSPS) is 15.7. The lowest BCUT2D eigenvalue weighted by molar-refractivity contribution is 0.0854. The minimum absolute atomic E-state index is 0.00273. The summed E-state index contributed by atoms with van der Waals surface area (Å²) in [5.41, 5.74) is 1.57. The van der Waals surface area contributed by atoms with Gasteiger partial charge < -0.3 is 14.8 Å². The summed E-state index contributed by atoms with van der Waals surface area (Å²) >= 11 is 0. The van der Waals surface area contributed by atoms with E-state index in [1.165, 1.54) is 28.9 Å². The second kappa shape index (κ2) is 9.70. The number of benzene rings is 2. The fraction of sp³-hybridized carbons (Fsp3) is 0.304. The molecule has 1 aliphatic heterocycles. The third-order valence-corrected chi connectivity index (χ3v) is 4.98. The van der Waals surface area contributed by atoms with E-state index >= 15 is 0 Å². The summed E-state index contributed by atoms with van der Waals surface area (Å²) in [4.78, 5) is 12.8. The number of halogens is 2. The van der Waals surface area contributed by atoms with Crippen molar-refractivity contribution in [2.75, 3.05) is 13.2 Å². The van der Waals surface area contributed by atoms with Gasteiger partial charge in [-0.2, -0.15) is 0 Å². The predicted molar refractivity (Wildman–Crippen MR) is 110 cm³/mol. The van der Waals surface area contributed by atoms with E-state index in [-0.39, 0.29) is 48.2 Å². The second-order valence-corrected chi connectivity index (χ2v) is 7.44. The third kappa shape index (κ3) is 5.67. The molecule has 0 aliphatic carbocycles. The van der Waals surface area contributed by atoms with Crippen LogP contribution in [0.25, 0.3) is 0 Å². The summed E-state index contributed by atoms with van der Waals surface area (Å²) in [6.45, 7) is 1.43. The average molecular weight is 427 g/mol. The molecule has 6 nitrogen and oxygen atoms in total. The Hall–Kier alpha value is -3.26. The van der Waals surface area contributed by atoms with Gasteiger partial charge in [0.25, 0.3) is 5.91 Å². The zero-order valence-corrected chi connectivity index (χ0v) is 16.9. The highest BCUT2D eigenvalue weighted by Gasteiger charge is 2.21. The van der Waals surface area contributed by atoms with Gasteiger partial charge in [-0.3, -0.25) is 9.48 Å². The van der Waals surface area contributed by atoms with Gasteiger partial charge in [0, 0.05) is 19.3 Å². The van der Waals surface area contributed by atoms with Crippen molar-refractivity contribution >= 4 is 5.91 Å². The Morgan fingerprint density at radius 3 is 2.61 bits per heavy atom. The molecule has 1 atom stereocenters. The number of ether oxygens (including phenoxy) is 2. The fourth-order valence-corrected chi connectivity index (χ4v) is 3.45. The van der Waals surface area contributed by atoms with Gasteiger partial charge in [0.2, 0.25) is 5.88 Å². The van der Waals surface area contributed by atoms with Crippen molar-refractivity contribution in [2.24, 2.45) is 0 Å². The SMILES string of the molecule is O=C(NCC1CCCO1)c1cn(Cc2cccc(F)c2)nc1OCc1cccc(F)c1. The van der Waals surface area contributed by atoms with Crippen LogP contribution in [-0.4, -0.2) is 34.9 Å². The molecule has 1 aromatic heterocycles. The van der Waals surface area contributed by atoms with E-state index in [1.54, 1.807) is 30.5 Å². The van der Waals surface area contributed by atoms with E-state index in [9.17, 15) is 13.6 Å². The molecule has 2 heterocycles. The predicted octanol–water partition coefficient (Wildman–Crippen LogP) is 3.70. The lowest BCUT2D eigenvalue weighted by Crippen LogP contribution is -2.31. The first-order valence-corrected chi connectivity index (χ1v) is 10.2. The zero-order chi connectivity index (χ0) is 21.6. The van der Waals surface area contributed by atoms with Crippen LogP contribution in [0.4, 0.5) is 8.78 Å². The lowest BCUT2D eigenvalue weighted by Gasteiger charge is -2.11. The van der Waals surface area contributed by atoms with E-state index in [2.05, 4.69) is 10.4 Å². The molecule has 162 valence electrons. The summed E-state index contributed by atoms with van der Waals surface area (Å²) in [7, 11) is 0. The van der Waals surface area contributed by atoms with Crippen LogP contribution in [0.15, 0.2) is 54.7 Å². The van der Waals surface area contributed by atoms with Gasteiger partial charge >= 0.3 is 0 Å². The molecule has 2 aromatic carbocycles. The van der Waals surface area contributed by atoms with Crippen molar-refractivity contribution in [1.82, 2.24) is 15.1 Å². The Labute approximate surface area is 178 Å². The van der Waals surface area contributed by atoms with E-state index < -0.39 is 0 Å². The molecule has 8 heteroatoms. The zero-order valence-electron chi connectivity index (χ0n) is 16.9. The molecule has 31 heavy (non-hydrogen) atoms. The second-order valence-electron chi connectivity index (χ2n) is 7.44. The summed E-state index contributed by atoms with van der Waals surface area (Å²) in [5.74, 6) is -0.922. The molecule has 0 bridgehead atoms. The number of hydrogen-bond acceptors (Lipinski definition) is 4. The molecule has 1 aliphatic rings. The van der Waals surface area contributed by atoms with Gasteiger partial charge in [-0.1, -0.05) is 24.3 Å². The van der Waals surface area contributed by atoms with Gasteiger partial charge in [0.05, 0.1) is 12.6 Å². The smallest absolute Gasteiger partial charge is 0.258 e. The maximum absolute atomic E-state index is 13.5. The quantitative estimate of drug-likeness (QED) is 0.596. The van der Waals surface area contributed by atoms with E-state index in [0.29, 0.717) is 24.3 Å². The molecule has 0 saturated carbocycles. The molecule has 1 fully saturated rings. The van der Waals surface area contributed by atoms with Crippen molar-refractivity contribution in [1.29, 1.82) is 0 Å². The Morgan fingerprint density at radius 2 is 1.90 bits per heavy atom. The van der Waals surface area contributed by atoms with Crippen LogP contribution in [0.1, 0.15) is 34.3 Å². The van der Waals surface area contributed by atoms with Crippen LogP contribution in [-0.2, 0) is 17.9 Å². The summed E-state index contributed by atoms with van der Waals surface area (Å²) in [6, 6.07) is 12.2. The maximum atomic E-state index is 13.5. The molecule has 1 amide bonds. The van der Waals surface area contributed by atoms with E-state index in [0.717, 1.165) is 12.8 Å². The van der Waals surface area contributed by atoms with Gasteiger partial charge in [0.15, 0.2) is 0 Å². The van der Waals surface area contributed by atoms with E-state index in [1.807, 2.05) is 0 Å². The minimum Gasteiger partial charge on any atom is -0.471 e. The minimum atomic E-state index is -0.368. The number of nitrogens with one attached hydrogen (secondary N) is 1. The maximum Gasteiger partial charge on any atom is 0.258 e. The summed E-state index contributed by atoms with van der Waals surface area (Å²) in [5, 5.41) is 7.22. The first-order valence-electron chi connectivity index (χ1n) is 10.2. The highest BCUT2D eigenvalue weighted by molar-refractivity contribution is 5.96. The molecule has 3 aromatic rings. The first-order chi connectivity index (χ1) is 15.1. The largest absolute Gasteiger partial charge is 0.471 e. The number of rotatable bonds is 8. The molecular weight excluding hydrogens is 404 g/mol. The number of hydrogen-bond donors (Lipinski definition) is 1. The molecule has 0 radical (unpaired) electrons. The topological polar surface area (TPSA) is 65.4 Å². The van der Waals surface area contributed by atoms with Crippen LogP contribution in [0.3, 0.4) is 0 Å². The van der Waals surface area contributed by atoms with Crippen molar-refractivity contribution in [3.05, 3.63) is 83.1 Å². The first kappa shape index (κ1) is 21.0. The van der Waals surface area contributed by atoms with Crippen LogP contribution >= 0.6 is 0 Å². The van der Waals surface area contributed by atoms with Crippen molar-refractivity contribution < 1.29 is 23.0 Å². The lowest BCUT2D eigenvalue weighted by atomic mass is 10.2. The third-order valence-electron chi connectivity index (χ3n) is 4.98. The van der Waals surface area contributed by atoms with Crippen molar-refractivity contribution in [3.8, 4) is 5.88 Å². The molecule has 1 N–H and O–H groups in total. The highest BCUT2D eigenvalue weighted by Crippen LogP contribution is 2.20. The van der Waals surface area contributed by atoms with E-state index in [4.69, 9.17) is 9.47 Å². The molecule has 0 spiro atoms. The van der Waals surface area contributed by atoms with Gasteiger partial charge in [-0.25, -0.2) is 8.78 Å². The highest BCUT2D eigenvalue weighted by atomic mass is 19.1. The average Bonchev–Trinajstić information content (AvgIpc) is 3.40. The number of carbonyl (C=O) groups is 1. The standard InChI is InChI=1S/C23H23F2N3O3/c24-18-6-1-4-16(10-18)13-28-14-21(22(29)26-12-20-8-3-9-30-20)23(27-28)31-15-17-5-2-7-19(25)11-17/h1-2,4-7,10-11,14,20H,3,8-9,12-13,15H2,(H,26,29). The Balaban J connectivity index is 1.51. The Morgan fingerprint density at radius 1 is 1.16 bits per heavy atom. The fourth-order valence-electron chi connectivity index (χ4n) is 3.45. The summed E-state index contributed by atoms with van der Waals surface area (Å²) < 4.78 is 39.8. The van der Waals surface area contributed by atoms with Crippen LogP contribution < -0.4 is 10.1 Å². The molecule has 1 saturated heterocycles. The Bertz CT molecular complexity index is 1050. The van der Waals surface area contributed by atoms with Crippen LogP contribution in [0.2, 0.25) is 0 Å². The van der Waals surface area contributed by atoms with Gasteiger partial charge in [-0.05, 0) is 48.2 Å². The molecule has 4 rings (SSSR count). The van der Waals surface area contributed by atoms with Crippen molar-refractivity contribution in [2.45, 2.75) is 32.1 Å². The number of nitrogens with zero attached hydrogens (tertiary/aromatic N) is 2. The Kier molecular flexibility index (Phi) is 6.57. The van der Waals surface area contributed by atoms with Gasteiger partial charge in [0.1, 0.15) is 23.8 Å². The number of carbonyl (C=O) groups excluding carboxylic acids is 1. The monoisotopic (exact) mass is 427 g/mol. The summed E-state index contributed by atoms with van der Waals surface area (Å²) in [6.07, 6.45) is 3.45. The molecular formula is C23H23F2N3O3. The molecule has 1 unspecified atom stereocenters. The number of amides is 1.